The largest absolute Gasteiger partial charge is 0.462 e. The Labute approximate surface area is 481 Å². The van der Waals surface area contributed by atoms with Crippen molar-refractivity contribution in [2.45, 2.75) is 412 Å². The zero-order chi connectivity index (χ0) is 55.7. The quantitative estimate of drug-likeness (QED) is 0.0261. The average molecular weight is 1090 g/mol. The Morgan fingerprint density at radius 2 is 0.455 bits per heavy atom. The van der Waals surface area contributed by atoms with E-state index in [4.69, 9.17) is 14.2 Å². The second-order valence-corrected chi connectivity index (χ2v) is 24.2. The number of rotatable bonds is 66. The van der Waals surface area contributed by atoms with Crippen LogP contribution in [0.25, 0.3) is 0 Å². The number of carbonyl (C=O) groups excluding carboxylic acids is 3. The molecular formula is C71H136O6. The monoisotopic (exact) mass is 1090 g/mol. The normalized spacial score (nSPS) is 12.0. The number of hydrogen-bond donors (Lipinski definition) is 0. The summed E-state index contributed by atoms with van der Waals surface area (Å²) in [6, 6.07) is 0. The lowest BCUT2D eigenvalue weighted by atomic mass is 10.0. The summed E-state index contributed by atoms with van der Waals surface area (Å²) in [4.78, 5) is 38.3. The molecule has 77 heavy (non-hydrogen) atoms. The van der Waals surface area contributed by atoms with Crippen LogP contribution < -0.4 is 0 Å². The molecular weight excluding hydrogens is 949 g/mol. The first-order chi connectivity index (χ1) is 38.0. The zero-order valence-corrected chi connectivity index (χ0v) is 52.5. The molecule has 0 saturated heterocycles. The third kappa shape index (κ3) is 64.9. The van der Waals surface area contributed by atoms with Crippen LogP contribution in [-0.4, -0.2) is 37.2 Å². The van der Waals surface area contributed by atoms with Crippen LogP contribution in [0, 0.1) is 0 Å². The molecule has 0 N–H and O–H groups in total. The maximum absolute atomic E-state index is 12.9. The SMILES string of the molecule is CCC/C=C\CCCCCCCC(=O)OCC(COC(=O)CCCCCCCCCCCCCCCCCCCCCCCCCCCCCCC)OC(=O)CCCCCCCCCCCCCCCCCCCCCC. The first kappa shape index (κ1) is 75.2. The third-order valence-corrected chi connectivity index (χ3v) is 16.3. The molecule has 456 valence electrons. The summed E-state index contributed by atoms with van der Waals surface area (Å²) in [6.07, 6.45) is 79.8. The van der Waals surface area contributed by atoms with E-state index in [0.29, 0.717) is 19.3 Å². The zero-order valence-electron chi connectivity index (χ0n) is 52.5. The fourth-order valence-corrected chi connectivity index (χ4v) is 11.0. The van der Waals surface area contributed by atoms with Gasteiger partial charge in [0.1, 0.15) is 13.2 Å². The maximum atomic E-state index is 12.9. The van der Waals surface area contributed by atoms with Crippen molar-refractivity contribution in [3.8, 4) is 0 Å². The number of unbranched alkanes of at least 4 members (excludes halogenated alkanes) is 53. The molecule has 6 nitrogen and oxygen atoms in total. The lowest BCUT2D eigenvalue weighted by Gasteiger charge is -2.18. The highest BCUT2D eigenvalue weighted by Gasteiger charge is 2.19. The van der Waals surface area contributed by atoms with E-state index in [0.717, 1.165) is 70.6 Å². The van der Waals surface area contributed by atoms with Gasteiger partial charge in [0, 0.05) is 19.3 Å². The molecule has 0 rings (SSSR count). The Balaban J connectivity index is 4.08. The number of hydrogen-bond acceptors (Lipinski definition) is 6. The van der Waals surface area contributed by atoms with Gasteiger partial charge in [0.2, 0.25) is 0 Å². The minimum atomic E-state index is -0.769. The van der Waals surface area contributed by atoms with Crippen molar-refractivity contribution in [1.82, 2.24) is 0 Å². The summed E-state index contributed by atoms with van der Waals surface area (Å²) in [5.41, 5.74) is 0. The highest BCUT2D eigenvalue weighted by molar-refractivity contribution is 5.71. The third-order valence-electron chi connectivity index (χ3n) is 16.3. The predicted molar refractivity (Wildman–Crippen MR) is 335 cm³/mol. The van der Waals surface area contributed by atoms with Crippen molar-refractivity contribution in [2.75, 3.05) is 13.2 Å². The van der Waals surface area contributed by atoms with Gasteiger partial charge in [-0.25, -0.2) is 0 Å². The van der Waals surface area contributed by atoms with Gasteiger partial charge < -0.3 is 14.2 Å². The molecule has 0 aliphatic heterocycles. The van der Waals surface area contributed by atoms with Crippen LogP contribution in [0.1, 0.15) is 406 Å². The molecule has 0 aliphatic carbocycles. The molecule has 0 spiro atoms. The van der Waals surface area contributed by atoms with Crippen molar-refractivity contribution in [3.63, 3.8) is 0 Å². The van der Waals surface area contributed by atoms with E-state index >= 15 is 0 Å². The first-order valence-electron chi connectivity index (χ1n) is 35.2. The number of ether oxygens (including phenoxy) is 3. The second-order valence-electron chi connectivity index (χ2n) is 24.2. The average Bonchev–Trinajstić information content (AvgIpc) is 3.43. The molecule has 0 aromatic carbocycles. The van der Waals surface area contributed by atoms with Gasteiger partial charge in [-0.15, -0.1) is 0 Å². The van der Waals surface area contributed by atoms with Crippen LogP contribution in [0.4, 0.5) is 0 Å². The van der Waals surface area contributed by atoms with Crippen LogP contribution in [0.2, 0.25) is 0 Å². The molecule has 0 radical (unpaired) electrons. The molecule has 0 amide bonds. The summed E-state index contributed by atoms with van der Waals surface area (Å²) in [6.45, 7) is 6.66. The Kier molecular flexibility index (Phi) is 65.1. The van der Waals surface area contributed by atoms with Crippen LogP contribution in [0.3, 0.4) is 0 Å². The lowest BCUT2D eigenvalue weighted by Crippen LogP contribution is -2.30. The van der Waals surface area contributed by atoms with E-state index in [1.807, 2.05) is 0 Å². The minimum absolute atomic E-state index is 0.0661. The molecule has 6 heteroatoms. The van der Waals surface area contributed by atoms with Gasteiger partial charge in [-0.05, 0) is 38.5 Å². The summed E-state index contributed by atoms with van der Waals surface area (Å²) < 4.78 is 16.9. The summed E-state index contributed by atoms with van der Waals surface area (Å²) >= 11 is 0. The predicted octanol–water partition coefficient (Wildman–Crippen LogP) is 24.0. The molecule has 0 aromatic rings. The second kappa shape index (κ2) is 66.7. The van der Waals surface area contributed by atoms with Gasteiger partial charge in [-0.2, -0.15) is 0 Å². The van der Waals surface area contributed by atoms with Gasteiger partial charge in [0.25, 0.3) is 0 Å². The molecule has 0 aliphatic rings. The van der Waals surface area contributed by atoms with Crippen molar-refractivity contribution in [3.05, 3.63) is 12.2 Å². The number of esters is 3. The Bertz CT molecular complexity index is 1200. The smallest absolute Gasteiger partial charge is 0.306 e. The molecule has 0 saturated carbocycles. The standard InChI is InChI=1S/C71H136O6/c1-4-7-10-13-16-19-22-24-26-28-30-32-33-34-35-36-37-38-39-40-42-43-45-47-49-52-55-58-61-64-70(73)76-67-68(66-75-69(72)63-60-57-54-51-21-18-15-12-9-6-3)77-71(74)65-62-59-56-53-50-48-46-44-41-31-29-27-25-23-20-17-14-11-8-5-2/h12,15,68H,4-11,13-14,16-67H2,1-3H3/b15-12-. The first-order valence-corrected chi connectivity index (χ1v) is 35.2. The van der Waals surface area contributed by atoms with E-state index < -0.39 is 6.10 Å². The summed E-state index contributed by atoms with van der Waals surface area (Å²) in [5.74, 6) is -0.845. The molecule has 1 atom stereocenters. The minimum Gasteiger partial charge on any atom is -0.462 e. The highest BCUT2D eigenvalue weighted by atomic mass is 16.6. The number of allylic oxidation sites excluding steroid dienone is 2. The Morgan fingerprint density at radius 1 is 0.247 bits per heavy atom. The molecule has 0 fully saturated rings. The van der Waals surface area contributed by atoms with Crippen molar-refractivity contribution < 1.29 is 28.6 Å². The molecule has 0 heterocycles. The van der Waals surface area contributed by atoms with Crippen LogP contribution in [0.5, 0.6) is 0 Å². The molecule has 0 aromatic heterocycles. The van der Waals surface area contributed by atoms with Gasteiger partial charge in [-0.1, -0.05) is 360 Å². The number of carbonyl (C=O) groups is 3. The molecule has 0 bridgehead atoms. The van der Waals surface area contributed by atoms with Crippen LogP contribution >= 0.6 is 0 Å². The van der Waals surface area contributed by atoms with Crippen molar-refractivity contribution in [1.29, 1.82) is 0 Å². The fourth-order valence-electron chi connectivity index (χ4n) is 11.0. The van der Waals surface area contributed by atoms with Crippen LogP contribution in [-0.2, 0) is 28.6 Å². The van der Waals surface area contributed by atoms with Gasteiger partial charge in [-0.3, -0.25) is 14.4 Å². The maximum Gasteiger partial charge on any atom is 0.306 e. The Hall–Kier alpha value is -1.85. The van der Waals surface area contributed by atoms with Gasteiger partial charge in [0.05, 0.1) is 0 Å². The summed E-state index contributed by atoms with van der Waals surface area (Å²) in [5, 5.41) is 0. The Morgan fingerprint density at radius 3 is 0.701 bits per heavy atom. The van der Waals surface area contributed by atoms with Gasteiger partial charge in [0.15, 0.2) is 6.10 Å². The molecule has 1 unspecified atom stereocenters. The van der Waals surface area contributed by atoms with E-state index in [-0.39, 0.29) is 31.1 Å². The van der Waals surface area contributed by atoms with Crippen molar-refractivity contribution >= 4 is 17.9 Å². The van der Waals surface area contributed by atoms with E-state index in [1.165, 1.54) is 295 Å². The van der Waals surface area contributed by atoms with Crippen molar-refractivity contribution in [2.24, 2.45) is 0 Å². The highest BCUT2D eigenvalue weighted by Crippen LogP contribution is 2.19. The van der Waals surface area contributed by atoms with E-state index in [9.17, 15) is 14.4 Å². The summed E-state index contributed by atoms with van der Waals surface area (Å²) in [7, 11) is 0. The topological polar surface area (TPSA) is 78.9 Å². The lowest BCUT2D eigenvalue weighted by molar-refractivity contribution is -0.167. The van der Waals surface area contributed by atoms with Crippen LogP contribution in [0.15, 0.2) is 12.2 Å². The van der Waals surface area contributed by atoms with E-state index in [2.05, 4.69) is 32.9 Å². The van der Waals surface area contributed by atoms with E-state index in [1.54, 1.807) is 0 Å². The van der Waals surface area contributed by atoms with Gasteiger partial charge >= 0.3 is 17.9 Å². The fraction of sp³-hybridized carbons (Fsp3) is 0.930.